The van der Waals surface area contributed by atoms with Crippen molar-refractivity contribution in [3.05, 3.63) is 4.88 Å². The molecule has 7 nitrogen and oxygen atoms in total. The number of unbranched alkanes of at least 4 members (excludes halogenated alkanes) is 1. The summed E-state index contributed by atoms with van der Waals surface area (Å²) in [6, 6.07) is 0. The fourth-order valence-electron chi connectivity index (χ4n) is 1.75. The summed E-state index contributed by atoms with van der Waals surface area (Å²) in [5.74, 6) is 0.0525. The summed E-state index contributed by atoms with van der Waals surface area (Å²) in [5.41, 5.74) is 5.83. The summed E-state index contributed by atoms with van der Waals surface area (Å²) >= 11 is 1.23. The molecule has 0 fully saturated rings. The third-order valence-corrected chi connectivity index (χ3v) is 3.89. The highest BCUT2D eigenvalue weighted by Crippen LogP contribution is 2.26. The number of rotatable bonds is 10. The molecule has 1 amide bonds. The Hall–Kier alpha value is -1.38. The molecule has 1 rings (SSSR count). The first-order chi connectivity index (χ1) is 10.1. The zero-order valence-corrected chi connectivity index (χ0v) is 13.4. The molecule has 0 spiro atoms. The number of aliphatic hydroxyl groups is 1. The first-order valence-electron chi connectivity index (χ1n) is 7.03. The van der Waals surface area contributed by atoms with Gasteiger partial charge in [0.05, 0.1) is 13.2 Å². The Kier molecular flexibility index (Phi) is 8.03. The molecule has 1 heterocycles. The predicted molar refractivity (Wildman–Crippen MR) is 84.8 cm³/mol. The van der Waals surface area contributed by atoms with Gasteiger partial charge in [-0.2, -0.15) is 0 Å². The third-order valence-electron chi connectivity index (χ3n) is 2.87. The van der Waals surface area contributed by atoms with Crippen molar-refractivity contribution >= 4 is 28.2 Å². The lowest BCUT2D eigenvalue weighted by Crippen LogP contribution is -2.34. The fraction of sp³-hybridized carbons (Fsp3) is 0.692. The number of ether oxygens (including phenoxy) is 1. The summed E-state index contributed by atoms with van der Waals surface area (Å²) in [4.78, 5) is 18.6. The van der Waals surface area contributed by atoms with E-state index in [0.717, 1.165) is 12.8 Å². The number of nitrogens with zero attached hydrogens (tertiary/aromatic N) is 2. The van der Waals surface area contributed by atoms with Crippen molar-refractivity contribution in [3.63, 3.8) is 0 Å². The SMILES string of the molecule is CCCCN(CCO)C(=O)c1sc(NCCOC)nc1N. The standard InChI is InChI=1S/C13H24N4O3S/c1-3-4-6-17(7-8-18)12(19)10-11(14)16-13(21-10)15-5-9-20-2/h18H,3-9,14H2,1-2H3,(H,15,16). The van der Waals surface area contributed by atoms with E-state index in [1.807, 2.05) is 0 Å². The maximum Gasteiger partial charge on any atom is 0.267 e. The maximum absolute atomic E-state index is 12.5. The minimum atomic E-state index is -0.174. The molecule has 120 valence electrons. The molecule has 0 saturated carbocycles. The van der Waals surface area contributed by atoms with Gasteiger partial charge in [-0.05, 0) is 6.42 Å². The monoisotopic (exact) mass is 316 g/mol. The van der Waals surface area contributed by atoms with Crippen molar-refractivity contribution in [1.82, 2.24) is 9.88 Å². The zero-order valence-electron chi connectivity index (χ0n) is 12.6. The highest BCUT2D eigenvalue weighted by Gasteiger charge is 2.21. The molecule has 4 N–H and O–H groups in total. The fourth-order valence-corrected chi connectivity index (χ4v) is 2.63. The Morgan fingerprint density at radius 3 is 2.90 bits per heavy atom. The normalized spacial score (nSPS) is 10.6. The average molecular weight is 316 g/mol. The molecule has 8 heteroatoms. The lowest BCUT2D eigenvalue weighted by molar-refractivity contribution is 0.0725. The van der Waals surface area contributed by atoms with E-state index < -0.39 is 0 Å². The van der Waals surface area contributed by atoms with Gasteiger partial charge >= 0.3 is 0 Å². The molecule has 0 atom stereocenters. The Labute approximate surface area is 129 Å². The summed E-state index contributed by atoms with van der Waals surface area (Å²) in [5, 5.41) is 12.7. The molecule has 0 aromatic carbocycles. The highest BCUT2D eigenvalue weighted by atomic mass is 32.1. The topological polar surface area (TPSA) is 101 Å². The van der Waals surface area contributed by atoms with Gasteiger partial charge in [-0.25, -0.2) is 4.98 Å². The molecular formula is C13H24N4O3S. The van der Waals surface area contributed by atoms with Gasteiger partial charge in [-0.15, -0.1) is 0 Å². The van der Waals surface area contributed by atoms with Crippen LogP contribution < -0.4 is 11.1 Å². The summed E-state index contributed by atoms with van der Waals surface area (Å²) in [6.45, 7) is 4.07. The molecule has 1 aromatic heterocycles. The Morgan fingerprint density at radius 2 is 2.29 bits per heavy atom. The van der Waals surface area contributed by atoms with E-state index in [9.17, 15) is 4.79 Å². The molecule has 0 aliphatic carbocycles. The van der Waals surface area contributed by atoms with Crippen LogP contribution in [-0.4, -0.2) is 60.9 Å². The van der Waals surface area contributed by atoms with E-state index >= 15 is 0 Å². The van der Waals surface area contributed by atoms with Gasteiger partial charge in [0.2, 0.25) is 0 Å². The van der Waals surface area contributed by atoms with Gasteiger partial charge in [-0.1, -0.05) is 24.7 Å². The number of hydrogen-bond donors (Lipinski definition) is 3. The second-order valence-electron chi connectivity index (χ2n) is 4.52. The minimum absolute atomic E-state index is 0.0624. The number of nitrogens with one attached hydrogen (secondary N) is 1. The smallest absolute Gasteiger partial charge is 0.267 e. The van der Waals surface area contributed by atoms with Gasteiger partial charge in [0.25, 0.3) is 5.91 Å². The maximum atomic E-state index is 12.5. The number of carbonyl (C=O) groups is 1. The minimum Gasteiger partial charge on any atom is -0.395 e. The number of nitrogens with two attached hydrogens (primary N) is 1. The van der Waals surface area contributed by atoms with Crippen LogP contribution in [0.25, 0.3) is 0 Å². The largest absolute Gasteiger partial charge is 0.395 e. The van der Waals surface area contributed by atoms with Gasteiger partial charge in [0, 0.05) is 26.7 Å². The number of aromatic nitrogens is 1. The lowest BCUT2D eigenvalue weighted by atomic mass is 10.3. The first-order valence-corrected chi connectivity index (χ1v) is 7.84. The van der Waals surface area contributed by atoms with E-state index in [0.29, 0.717) is 36.2 Å². The van der Waals surface area contributed by atoms with Gasteiger partial charge in [0.15, 0.2) is 5.13 Å². The molecule has 1 aromatic rings. The quantitative estimate of drug-likeness (QED) is 0.557. The van der Waals surface area contributed by atoms with Gasteiger partial charge < -0.3 is 25.8 Å². The molecule has 0 unspecified atom stereocenters. The Morgan fingerprint density at radius 1 is 1.52 bits per heavy atom. The number of methoxy groups -OCH3 is 1. The molecule has 21 heavy (non-hydrogen) atoms. The number of aliphatic hydroxyl groups excluding tert-OH is 1. The number of amides is 1. The Bertz CT molecular complexity index is 439. The van der Waals surface area contributed by atoms with E-state index in [2.05, 4.69) is 17.2 Å². The average Bonchev–Trinajstić information content (AvgIpc) is 2.84. The van der Waals surface area contributed by atoms with Crippen molar-refractivity contribution in [2.24, 2.45) is 0 Å². The van der Waals surface area contributed by atoms with Crippen molar-refractivity contribution in [2.45, 2.75) is 19.8 Å². The number of hydrogen-bond acceptors (Lipinski definition) is 7. The van der Waals surface area contributed by atoms with Crippen LogP contribution in [0, 0.1) is 0 Å². The van der Waals surface area contributed by atoms with Gasteiger partial charge in [0.1, 0.15) is 10.7 Å². The van der Waals surface area contributed by atoms with Crippen LogP contribution in [-0.2, 0) is 4.74 Å². The zero-order chi connectivity index (χ0) is 15.7. The Balaban J connectivity index is 2.74. The lowest BCUT2D eigenvalue weighted by Gasteiger charge is -2.20. The molecule has 0 aliphatic heterocycles. The van der Waals surface area contributed by atoms with Crippen molar-refractivity contribution in [3.8, 4) is 0 Å². The van der Waals surface area contributed by atoms with Crippen LogP contribution in [0.3, 0.4) is 0 Å². The first kappa shape index (κ1) is 17.7. The van der Waals surface area contributed by atoms with E-state index in [1.54, 1.807) is 12.0 Å². The third kappa shape index (κ3) is 5.49. The summed E-state index contributed by atoms with van der Waals surface area (Å²) in [6.07, 6.45) is 1.88. The van der Waals surface area contributed by atoms with Crippen LogP contribution >= 0.6 is 11.3 Å². The predicted octanol–water partition coefficient (Wildman–Crippen LogP) is 1.02. The number of anilines is 2. The van der Waals surface area contributed by atoms with Crippen molar-refractivity contribution in [2.75, 3.05) is 51.0 Å². The molecule has 0 saturated heterocycles. The van der Waals surface area contributed by atoms with Crippen LogP contribution in [0.5, 0.6) is 0 Å². The molecule has 0 aliphatic rings. The number of thiazole rings is 1. The summed E-state index contributed by atoms with van der Waals surface area (Å²) < 4.78 is 4.94. The second kappa shape index (κ2) is 9.54. The van der Waals surface area contributed by atoms with E-state index in [4.69, 9.17) is 15.6 Å². The number of nitrogen functional groups attached to an aromatic ring is 1. The highest BCUT2D eigenvalue weighted by molar-refractivity contribution is 7.18. The van der Waals surface area contributed by atoms with Crippen LogP contribution in [0.15, 0.2) is 0 Å². The van der Waals surface area contributed by atoms with Gasteiger partial charge in [-0.3, -0.25) is 4.79 Å². The molecule has 0 radical (unpaired) electrons. The number of carbonyl (C=O) groups excluding carboxylic acids is 1. The van der Waals surface area contributed by atoms with Crippen LogP contribution in [0.1, 0.15) is 29.4 Å². The molecular weight excluding hydrogens is 292 g/mol. The van der Waals surface area contributed by atoms with Crippen molar-refractivity contribution < 1.29 is 14.6 Å². The van der Waals surface area contributed by atoms with E-state index in [1.165, 1.54) is 11.3 Å². The molecule has 0 bridgehead atoms. The van der Waals surface area contributed by atoms with E-state index in [-0.39, 0.29) is 18.3 Å². The van der Waals surface area contributed by atoms with Crippen LogP contribution in [0.2, 0.25) is 0 Å². The van der Waals surface area contributed by atoms with Crippen molar-refractivity contribution in [1.29, 1.82) is 0 Å². The second-order valence-corrected chi connectivity index (χ2v) is 5.52. The van der Waals surface area contributed by atoms with Crippen LogP contribution in [0.4, 0.5) is 10.9 Å². The summed E-state index contributed by atoms with van der Waals surface area (Å²) in [7, 11) is 1.62.